The molecule has 1 aliphatic rings. The fourth-order valence-corrected chi connectivity index (χ4v) is 3.02. The third-order valence-electron chi connectivity index (χ3n) is 3.30. The van der Waals surface area contributed by atoms with Crippen molar-refractivity contribution in [1.29, 1.82) is 0 Å². The molecule has 1 atom stereocenters. The molecular formula is C12H21N3O4S. The molecule has 0 bridgehead atoms. The van der Waals surface area contributed by atoms with Crippen molar-refractivity contribution in [2.24, 2.45) is 0 Å². The van der Waals surface area contributed by atoms with E-state index in [-0.39, 0.29) is 37.5 Å². The van der Waals surface area contributed by atoms with Crippen LogP contribution in [-0.2, 0) is 19.6 Å². The van der Waals surface area contributed by atoms with E-state index in [0.29, 0.717) is 6.54 Å². The highest BCUT2D eigenvalue weighted by molar-refractivity contribution is 7.88. The standard InChI is InChI=1S/C12H21N3O4S/c1-5-11(16)13(3)9-12(17)15-7-6-14(8-10(15)2)20(4,18)19/h5,10H,1,6-9H2,2-4H3. The molecule has 0 aromatic heterocycles. The fourth-order valence-electron chi connectivity index (χ4n) is 2.12. The highest BCUT2D eigenvalue weighted by Gasteiger charge is 2.31. The SMILES string of the molecule is C=CC(=O)N(C)CC(=O)N1CCN(S(C)(=O)=O)CC1C. The predicted molar refractivity (Wildman–Crippen MR) is 75.4 cm³/mol. The van der Waals surface area contributed by atoms with Gasteiger partial charge in [-0.15, -0.1) is 0 Å². The van der Waals surface area contributed by atoms with Crippen molar-refractivity contribution in [2.75, 3.05) is 39.5 Å². The molecule has 0 aliphatic carbocycles. The smallest absolute Gasteiger partial charge is 0.246 e. The second kappa shape index (κ2) is 6.36. The first-order chi connectivity index (χ1) is 9.16. The van der Waals surface area contributed by atoms with E-state index in [2.05, 4.69) is 6.58 Å². The molecule has 114 valence electrons. The van der Waals surface area contributed by atoms with Crippen molar-refractivity contribution in [3.63, 3.8) is 0 Å². The molecule has 8 heteroatoms. The van der Waals surface area contributed by atoms with Gasteiger partial charge in [0.2, 0.25) is 21.8 Å². The lowest BCUT2D eigenvalue weighted by Gasteiger charge is -2.39. The summed E-state index contributed by atoms with van der Waals surface area (Å²) in [7, 11) is -1.70. The quantitative estimate of drug-likeness (QED) is 0.632. The first-order valence-corrected chi connectivity index (χ1v) is 8.13. The molecule has 0 N–H and O–H groups in total. The highest BCUT2D eigenvalue weighted by Crippen LogP contribution is 2.12. The van der Waals surface area contributed by atoms with Gasteiger partial charge in [0.1, 0.15) is 0 Å². The zero-order chi connectivity index (χ0) is 15.5. The molecule has 0 radical (unpaired) electrons. The van der Waals surface area contributed by atoms with Gasteiger partial charge >= 0.3 is 0 Å². The molecule has 20 heavy (non-hydrogen) atoms. The van der Waals surface area contributed by atoms with Gasteiger partial charge < -0.3 is 9.80 Å². The molecule has 0 saturated carbocycles. The number of hydrogen-bond donors (Lipinski definition) is 0. The van der Waals surface area contributed by atoms with E-state index < -0.39 is 10.0 Å². The molecule has 1 unspecified atom stereocenters. The molecule has 0 aromatic rings. The zero-order valence-corrected chi connectivity index (χ0v) is 12.9. The maximum atomic E-state index is 12.1. The number of piperazine rings is 1. The van der Waals surface area contributed by atoms with Crippen LogP contribution in [0.15, 0.2) is 12.7 Å². The van der Waals surface area contributed by atoms with Crippen LogP contribution < -0.4 is 0 Å². The van der Waals surface area contributed by atoms with E-state index in [9.17, 15) is 18.0 Å². The summed E-state index contributed by atoms with van der Waals surface area (Å²) >= 11 is 0. The second-order valence-corrected chi connectivity index (χ2v) is 6.94. The molecular weight excluding hydrogens is 282 g/mol. The van der Waals surface area contributed by atoms with Crippen LogP contribution in [0.2, 0.25) is 0 Å². The normalized spacial score (nSPS) is 20.6. The molecule has 1 aliphatic heterocycles. The third-order valence-corrected chi connectivity index (χ3v) is 4.57. The Kier molecular flexibility index (Phi) is 5.29. The number of amides is 2. The number of likely N-dealkylation sites (N-methyl/N-ethyl adjacent to an activating group) is 1. The van der Waals surface area contributed by atoms with Gasteiger partial charge in [0, 0.05) is 32.7 Å². The van der Waals surface area contributed by atoms with E-state index in [1.54, 1.807) is 11.8 Å². The summed E-state index contributed by atoms with van der Waals surface area (Å²) in [6.45, 7) is 6.03. The molecule has 1 fully saturated rings. The van der Waals surface area contributed by atoms with E-state index in [0.717, 1.165) is 12.3 Å². The van der Waals surface area contributed by atoms with Crippen LogP contribution in [0.25, 0.3) is 0 Å². The Morgan fingerprint density at radius 3 is 2.45 bits per heavy atom. The minimum atomic E-state index is -3.23. The predicted octanol–water partition coefficient (Wildman–Crippen LogP) is -0.877. The third kappa shape index (κ3) is 4.04. The largest absolute Gasteiger partial charge is 0.336 e. The first kappa shape index (κ1) is 16.6. The van der Waals surface area contributed by atoms with Crippen LogP contribution in [0.1, 0.15) is 6.92 Å². The van der Waals surface area contributed by atoms with Crippen molar-refractivity contribution < 1.29 is 18.0 Å². The maximum absolute atomic E-state index is 12.1. The van der Waals surface area contributed by atoms with Crippen LogP contribution in [0.5, 0.6) is 0 Å². The summed E-state index contributed by atoms with van der Waals surface area (Å²) in [5.74, 6) is -0.510. The Balaban J connectivity index is 2.64. The minimum absolute atomic E-state index is 0.0337. The van der Waals surface area contributed by atoms with Gasteiger partial charge in [-0.05, 0) is 13.0 Å². The van der Waals surface area contributed by atoms with Crippen molar-refractivity contribution in [3.8, 4) is 0 Å². The number of hydrogen-bond acceptors (Lipinski definition) is 4. The molecule has 1 saturated heterocycles. The fraction of sp³-hybridized carbons (Fsp3) is 0.667. The lowest BCUT2D eigenvalue weighted by molar-refractivity contribution is -0.139. The Morgan fingerprint density at radius 2 is 2.00 bits per heavy atom. The van der Waals surface area contributed by atoms with Crippen LogP contribution >= 0.6 is 0 Å². The lowest BCUT2D eigenvalue weighted by Crippen LogP contribution is -2.56. The van der Waals surface area contributed by atoms with E-state index in [1.807, 2.05) is 0 Å². The van der Waals surface area contributed by atoms with Crippen molar-refractivity contribution >= 4 is 21.8 Å². The molecule has 0 aromatic carbocycles. The lowest BCUT2D eigenvalue weighted by atomic mass is 10.2. The number of sulfonamides is 1. The van der Waals surface area contributed by atoms with Gasteiger partial charge in [0.25, 0.3) is 0 Å². The summed E-state index contributed by atoms with van der Waals surface area (Å²) in [5, 5.41) is 0. The average Bonchev–Trinajstić information content (AvgIpc) is 2.36. The van der Waals surface area contributed by atoms with Gasteiger partial charge in [-0.25, -0.2) is 8.42 Å². The van der Waals surface area contributed by atoms with E-state index in [4.69, 9.17) is 0 Å². The van der Waals surface area contributed by atoms with Gasteiger partial charge in [-0.3, -0.25) is 9.59 Å². The maximum Gasteiger partial charge on any atom is 0.246 e. The van der Waals surface area contributed by atoms with Gasteiger partial charge in [-0.2, -0.15) is 4.31 Å². The van der Waals surface area contributed by atoms with Crippen LogP contribution in [-0.4, -0.2) is 79.9 Å². The van der Waals surface area contributed by atoms with Gasteiger partial charge in [-0.1, -0.05) is 6.58 Å². The number of rotatable bonds is 4. The Bertz CT molecular complexity index is 503. The Labute approximate surface area is 119 Å². The van der Waals surface area contributed by atoms with Crippen molar-refractivity contribution in [3.05, 3.63) is 12.7 Å². The Morgan fingerprint density at radius 1 is 1.40 bits per heavy atom. The number of carbonyl (C=O) groups excluding carboxylic acids is 2. The van der Waals surface area contributed by atoms with Crippen molar-refractivity contribution in [2.45, 2.75) is 13.0 Å². The van der Waals surface area contributed by atoms with Gasteiger partial charge in [0.05, 0.1) is 12.8 Å². The van der Waals surface area contributed by atoms with Crippen molar-refractivity contribution in [1.82, 2.24) is 14.1 Å². The topological polar surface area (TPSA) is 78.0 Å². The second-order valence-electron chi connectivity index (χ2n) is 4.96. The van der Waals surface area contributed by atoms with E-state index in [1.165, 1.54) is 16.3 Å². The minimum Gasteiger partial charge on any atom is -0.336 e. The first-order valence-electron chi connectivity index (χ1n) is 6.29. The summed E-state index contributed by atoms with van der Waals surface area (Å²) in [4.78, 5) is 26.4. The molecule has 1 rings (SSSR count). The molecule has 0 spiro atoms. The number of nitrogens with zero attached hydrogens (tertiary/aromatic N) is 3. The summed E-state index contributed by atoms with van der Waals surface area (Å²) < 4.78 is 24.3. The average molecular weight is 303 g/mol. The Hall–Kier alpha value is -1.41. The zero-order valence-electron chi connectivity index (χ0n) is 12.1. The molecule has 2 amide bonds. The number of carbonyl (C=O) groups is 2. The van der Waals surface area contributed by atoms with Crippen LogP contribution in [0.3, 0.4) is 0 Å². The summed E-state index contributed by atoms with van der Waals surface area (Å²) in [6, 6.07) is -0.210. The molecule has 1 heterocycles. The van der Waals surface area contributed by atoms with E-state index >= 15 is 0 Å². The van der Waals surface area contributed by atoms with Crippen LogP contribution in [0, 0.1) is 0 Å². The van der Waals surface area contributed by atoms with Gasteiger partial charge in [0.15, 0.2) is 0 Å². The van der Waals surface area contributed by atoms with Crippen LogP contribution in [0.4, 0.5) is 0 Å². The monoisotopic (exact) mass is 303 g/mol. The summed E-state index contributed by atoms with van der Waals surface area (Å²) in [5.41, 5.74) is 0. The summed E-state index contributed by atoms with van der Waals surface area (Å²) in [6.07, 6.45) is 2.31. The highest BCUT2D eigenvalue weighted by atomic mass is 32.2. The molecule has 7 nitrogen and oxygen atoms in total.